The summed E-state index contributed by atoms with van der Waals surface area (Å²) in [5.74, 6) is 0.129. The van der Waals surface area contributed by atoms with Crippen molar-refractivity contribution in [3.8, 4) is 0 Å². The van der Waals surface area contributed by atoms with Gasteiger partial charge in [0.2, 0.25) is 0 Å². The highest BCUT2D eigenvalue weighted by Gasteiger charge is 2.28. The van der Waals surface area contributed by atoms with E-state index in [1.807, 2.05) is 0 Å². The Kier molecular flexibility index (Phi) is 5.50. The second-order valence-corrected chi connectivity index (χ2v) is 8.47. The van der Waals surface area contributed by atoms with Crippen molar-refractivity contribution in [1.29, 1.82) is 0 Å². The highest BCUT2D eigenvalue weighted by Crippen LogP contribution is 2.31. The minimum atomic E-state index is -3.83. The summed E-state index contributed by atoms with van der Waals surface area (Å²) in [7, 11) is -3.83. The van der Waals surface area contributed by atoms with Crippen LogP contribution in [0.3, 0.4) is 0 Å². The third-order valence-corrected chi connectivity index (χ3v) is 5.82. The van der Waals surface area contributed by atoms with Crippen LogP contribution in [0.1, 0.15) is 23.2 Å². The summed E-state index contributed by atoms with van der Waals surface area (Å²) in [4.78, 5) is 12.3. The Morgan fingerprint density at radius 3 is 2.62 bits per heavy atom. The highest BCUT2D eigenvalue weighted by molar-refractivity contribution is 7.92. The van der Waals surface area contributed by atoms with Crippen LogP contribution in [-0.2, 0) is 10.0 Å². The topological polar surface area (TPSA) is 101 Å². The maximum Gasteiger partial charge on any atom is 0.261 e. The van der Waals surface area contributed by atoms with Gasteiger partial charge in [-0.2, -0.15) is 0 Å². The van der Waals surface area contributed by atoms with Crippen molar-refractivity contribution < 1.29 is 13.2 Å². The first-order valence-corrected chi connectivity index (χ1v) is 10.1. The lowest BCUT2D eigenvalue weighted by molar-refractivity contribution is 0.0950. The molecule has 8 heteroatoms. The van der Waals surface area contributed by atoms with Crippen molar-refractivity contribution in [2.45, 2.75) is 23.8 Å². The van der Waals surface area contributed by atoms with Gasteiger partial charge in [-0.1, -0.05) is 23.7 Å². The fourth-order valence-corrected chi connectivity index (χ4v) is 3.86. The van der Waals surface area contributed by atoms with Gasteiger partial charge in [0.25, 0.3) is 15.9 Å². The number of sulfonamides is 1. The van der Waals surface area contributed by atoms with E-state index in [-0.39, 0.29) is 22.4 Å². The number of benzene rings is 2. The number of carbonyl (C=O) groups excluding carboxylic acids is 1. The minimum absolute atomic E-state index is 0.00313. The van der Waals surface area contributed by atoms with Crippen LogP contribution in [0.25, 0.3) is 0 Å². The molecule has 2 aromatic rings. The molecule has 26 heavy (non-hydrogen) atoms. The molecule has 1 aliphatic carbocycles. The zero-order valence-corrected chi connectivity index (χ0v) is 15.6. The predicted octanol–water partition coefficient (Wildman–Crippen LogP) is 2.61. The van der Waals surface area contributed by atoms with Crippen molar-refractivity contribution in [3.05, 3.63) is 59.1 Å². The molecule has 1 amide bonds. The summed E-state index contributed by atoms with van der Waals surface area (Å²) in [6.45, 7) is 0.376. The minimum Gasteiger partial charge on any atom is -0.350 e. The third kappa shape index (κ3) is 4.75. The Morgan fingerprint density at radius 2 is 1.92 bits per heavy atom. The zero-order valence-electron chi connectivity index (χ0n) is 14.0. The molecular formula is C18H20ClN3O3S. The lowest BCUT2D eigenvalue weighted by Gasteiger charge is -2.12. The molecule has 0 radical (unpaired) electrons. The van der Waals surface area contributed by atoms with E-state index in [9.17, 15) is 13.2 Å². The molecule has 0 aliphatic heterocycles. The summed E-state index contributed by atoms with van der Waals surface area (Å²) >= 11 is 5.88. The molecule has 1 saturated carbocycles. The van der Waals surface area contributed by atoms with Crippen molar-refractivity contribution >= 4 is 33.2 Å². The van der Waals surface area contributed by atoms with Crippen LogP contribution in [0.15, 0.2) is 53.4 Å². The number of carbonyl (C=O) groups is 1. The standard InChI is InChI=1S/C18H20ClN3O3S/c19-14-4-2-5-15(10-14)22-26(24,25)16-6-1-3-13(9-16)18(23)21-11-17(20)12-7-8-12/h1-6,9-10,12,17,22H,7-8,11,20H2,(H,21,23). The molecule has 1 atom stereocenters. The quantitative estimate of drug-likeness (QED) is 0.672. The van der Waals surface area contributed by atoms with Gasteiger partial charge in [-0.05, 0) is 55.2 Å². The molecule has 0 saturated heterocycles. The smallest absolute Gasteiger partial charge is 0.261 e. The first kappa shape index (κ1) is 18.7. The van der Waals surface area contributed by atoms with Gasteiger partial charge in [0.05, 0.1) is 10.6 Å². The van der Waals surface area contributed by atoms with Crippen LogP contribution in [0.5, 0.6) is 0 Å². The molecule has 1 aliphatic rings. The van der Waals surface area contributed by atoms with Gasteiger partial charge in [0, 0.05) is 23.2 Å². The lowest BCUT2D eigenvalue weighted by Crippen LogP contribution is -2.38. The van der Waals surface area contributed by atoms with Crippen molar-refractivity contribution in [1.82, 2.24) is 5.32 Å². The fourth-order valence-electron chi connectivity index (χ4n) is 2.57. The third-order valence-electron chi connectivity index (χ3n) is 4.21. The van der Waals surface area contributed by atoms with Crippen molar-refractivity contribution in [2.24, 2.45) is 11.7 Å². The number of rotatable bonds is 7. The second-order valence-electron chi connectivity index (χ2n) is 6.35. The van der Waals surface area contributed by atoms with Gasteiger partial charge in [0.15, 0.2) is 0 Å². The van der Waals surface area contributed by atoms with Gasteiger partial charge >= 0.3 is 0 Å². The number of hydrogen-bond donors (Lipinski definition) is 3. The Hall–Kier alpha value is -2.09. The van der Waals surface area contributed by atoms with E-state index >= 15 is 0 Å². The number of anilines is 1. The van der Waals surface area contributed by atoms with Gasteiger partial charge in [0.1, 0.15) is 0 Å². The van der Waals surface area contributed by atoms with E-state index < -0.39 is 10.0 Å². The molecule has 0 aromatic heterocycles. The number of halogens is 1. The first-order valence-electron chi connectivity index (χ1n) is 8.27. The monoisotopic (exact) mass is 393 g/mol. The molecule has 0 spiro atoms. The molecule has 0 heterocycles. The molecule has 6 nitrogen and oxygen atoms in total. The fraction of sp³-hybridized carbons (Fsp3) is 0.278. The molecule has 138 valence electrons. The number of hydrogen-bond acceptors (Lipinski definition) is 4. The van der Waals surface area contributed by atoms with E-state index in [4.69, 9.17) is 17.3 Å². The Morgan fingerprint density at radius 1 is 1.19 bits per heavy atom. The second kappa shape index (κ2) is 7.65. The summed E-state index contributed by atoms with van der Waals surface area (Å²) in [6, 6.07) is 12.2. The van der Waals surface area contributed by atoms with Gasteiger partial charge in [-0.15, -0.1) is 0 Å². The lowest BCUT2D eigenvalue weighted by atomic mass is 10.2. The number of nitrogens with two attached hydrogens (primary N) is 1. The van der Waals surface area contributed by atoms with E-state index in [1.54, 1.807) is 24.3 Å². The number of amides is 1. The zero-order chi connectivity index (χ0) is 18.7. The predicted molar refractivity (Wildman–Crippen MR) is 102 cm³/mol. The maximum absolute atomic E-state index is 12.5. The maximum atomic E-state index is 12.5. The molecule has 3 rings (SSSR count). The van der Waals surface area contributed by atoms with Crippen molar-refractivity contribution in [2.75, 3.05) is 11.3 Å². The molecule has 0 bridgehead atoms. The van der Waals surface area contributed by atoms with E-state index in [0.717, 1.165) is 12.8 Å². The van der Waals surface area contributed by atoms with E-state index in [2.05, 4.69) is 10.0 Å². The summed E-state index contributed by atoms with van der Waals surface area (Å²) in [5, 5.41) is 3.18. The molecule has 1 fully saturated rings. The first-order chi connectivity index (χ1) is 12.3. The summed E-state index contributed by atoms with van der Waals surface area (Å²) < 4.78 is 27.5. The Bertz CT molecular complexity index is 913. The highest BCUT2D eigenvalue weighted by atomic mass is 35.5. The van der Waals surface area contributed by atoms with Crippen LogP contribution in [0.2, 0.25) is 5.02 Å². The van der Waals surface area contributed by atoms with Crippen LogP contribution >= 0.6 is 11.6 Å². The van der Waals surface area contributed by atoms with Gasteiger partial charge in [-0.3, -0.25) is 9.52 Å². The van der Waals surface area contributed by atoms with E-state index in [0.29, 0.717) is 23.2 Å². The molecule has 4 N–H and O–H groups in total. The summed E-state index contributed by atoms with van der Waals surface area (Å²) in [5.41, 5.74) is 6.59. The normalized spacial score (nSPS) is 15.3. The van der Waals surface area contributed by atoms with Crippen LogP contribution in [-0.4, -0.2) is 26.9 Å². The molecule has 2 aromatic carbocycles. The summed E-state index contributed by atoms with van der Waals surface area (Å²) in [6.07, 6.45) is 2.19. The SMILES string of the molecule is NC(CNC(=O)c1cccc(S(=O)(=O)Nc2cccc(Cl)c2)c1)C1CC1. The Balaban J connectivity index is 1.71. The van der Waals surface area contributed by atoms with Crippen molar-refractivity contribution in [3.63, 3.8) is 0 Å². The average Bonchev–Trinajstić information content (AvgIpc) is 3.44. The largest absolute Gasteiger partial charge is 0.350 e. The van der Waals surface area contributed by atoms with Gasteiger partial charge in [-0.25, -0.2) is 8.42 Å². The Labute approximate surface area is 157 Å². The average molecular weight is 394 g/mol. The number of nitrogens with one attached hydrogen (secondary N) is 2. The van der Waals surface area contributed by atoms with E-state index in [1.165, 1.54) is 24.3 Å². The van der Waals surface area contributed by atoms with Crippen LogP contribution in [0, 0.1) is 5.92 Å². The van der Waals surface area contributed by atoms with Crippen LogP contribution in [0.4, 0.5) is 5.69 Å². The molecular weight excluding hydrogens is 374 g/mol. The van der Waals surface area contributed by atoms with Gasteiger partial charge < -0.3 is 11.1 Å². The molecule has 1 unspecified atom stereocenters. The van der Waals surface area contributed by atoms with Crippen LogP contribution < -0.4 is 15.8 Å².